The molecule has 0 aliphatic carbocycles. The SMILES string of the molecule is COC(=O)c1cn[c-]nc1.[Y]. The molecule has 11 heavy (non-hydrogen) atoms. The minimum atomic E-state index is -0.436. The molecule has 0 aliphatic rings. The summed E-state index contributed by atoms with van der Waals surface area (Å²) in [6.07, 6.45) is 5.00. The van der Waals surface area contributed by atoms with Crippen LogP contribution in [0.3, 0.4) is 0 Å². The van der Waals surface area contributed by atoms with Gasteiger partial charge < -0.3 is 14.7 Å². The van der Waals surface area contributed by atoms with Gasteiger partial charge in [-0.05, 0) is 5.56 Å². The first-order chi connectivity index (χ1) is 4.84. The second-order valence-electron chi connectivity index (χ2n) is 1.56. The summed E-state index contributed by atoms with van der Waals surface area (Å²) in [4.78, 5) is 17.7. The Labute approximate surface area is 89.3 Å². The smallest absolute Gasteiger partial charge is 0.316 e. The van der Waals surface area contributed by atoms with Gasteiger partial charge in [-0.3, -0.25) is 0 Å². The predicted molar refractivity (Wildman–Crippen MR) is 32.2 cm³/mol. The zero-order chi connectivity index (χ0) is 7.40. The monoisotopic (exact) mass is 226 g/mol. The fourth-order valence-electron chi connectivity index (χ4n) is 0.487. The summed E-state index contributed by atoms with van der Waals surface area (Å²) in [5, 5.41) is 0. The third-order valence-electron chi connectivity index (χ3n) is 0.944. The van der Waals surface area contributed by atoms with E-state index in [1.807, 2.05) is 0 Å². The molecule has 4 nitrogen and oxygen atoms in total. The maximum Gasteiger partial charge on any atom is 0.316 e. The zero-order valence-corrected chi connectivity index (χ0v) is 8.78. The Bertz CT molecular complexity index is 227. The second kappa shape index (κ2) is 5.32. The molecule has 1 aromatic heterocycles. The van der Waals surface area contributed by atoms with Gasteiger partial charge in [0.05, 0.1) is 7.11 Å². The molecule has 1 heterocycles. The van der Waals surface area contributed by atoms with Gasteiger partial charge in [0, 0.05) is 39.0 Å². The van der Waals surface area contributed by atoms with Crippen molar-refractivity contribution >= 4 is 5.97 Å². The van der Waals surface area contributed by atoms with Gasteiger partial charge in [-0.25, -0.2) is 4.79 Å². The van der Waals surface area contributed by atoms with Crippen molar-refractivity contribution < 1.29 is 42.2 Å². The number of rotatable bonds is 1. The summed E-state index contributed by atoms with van der Waals surface area (Å²) >= 11 is 0. The molecule has 1 rings (SSSR count). The Morgan fingerprint density at radius 1 is 1.55 bits per heavy atom. The van der Waals surface area contributed by atoms with Crippen LogP contribution >= 0.6 is 0 Å². The van der Waals surface area contributed by atoms with E-state index in [-0.39, 0.29) is 32.7 Å². The number of carbonyl (C=O) groups is 1. The molecular formula is C6H5N2O2Y-. The number of carbonyl (C=O) groups excluding carboxylic acids is 1. The summed E-state index contributed by atoms with van der Waals surface area (Å²) < 4.78 is 4.40. The van der Waals surface area contributed by atoms with Crippen LogP contribution in [0.1, 0.15) is 10.4 Å². The van der Waals surface area contributed by atoms with Crippen LogP contribution in [-0.4, -0.2) is 23.0 Å². The van der Waals surface area contributed by atoms with Gasteiger partial charge >= 0.3 is 5.97 Å². The number of hydrogen-bond donors (Lipinski definition) is 0. The van der Waals surface area contributed by atoms with Crippen LogP contribution < -0.4 is 0 Å². The summed E-state index contributed by atoms with van der Waals surface area (Å²) in [6, 6.07) is 0. The third-order valence-corrected chi connectivity index (χ3v) is 0.944. The van der Waals surface area contributed by atoms with Crippen molar-refractivity contribution in [3.63, 3.8) is 0 Å². The minimum absolute atomic E-state index is 0. The first kappa shape index (κ1) is 10.7. The Balaban J connectivity index is 0.000001000. The summed E-state index contributed by atoms with van der Waals surface area (Å²) in [5.74, 6) is -0.436. The van der Waals surface area contributed by atoms with E-state index in [4.69, 9.17) is 0 Å². The Morgan fingerprint density at radius 2 is 2.09 bits per heavy atom. The number of ether oxygens (including phenoxy) is 1. The average molecular weight is 226 g/mol. The van der Waals surface area contributed by atoms with E-state index in [1.165, 1.54) is 19.5 Å². The number of nitrogens with zero attached hydrogens (tertiary/aromatic N) is 2. The molecule has 0 amide bonds. The summed E-state index contributed by atoms with van der Waals surface area (Å²) in [6.45, 7) is 0. The van der Waals surface area contributed by atoms with Gasteiger partial charge in [0.15, 0.2) is 0 Å². The van der Waals surface area contributed by atoms with E-state index in [0.717, 1.165) is 0 Å². The van der Waals surface area contributed by atoms with E-state index in [0.29, 0.717) is 5.56 Å². The van der Waals surface area contributed by atoms with Crippen molar-refractivity contribution in [3.8, 4) is 0 Å². The van der Waals surface area contributed by atoms with E-state index < -0.39 is 5.97 Å². The van der Waals surface area contributed by atoms with Crippen LogP contribution in [0, 0.1) is 6.33 Å². The molecule has 1 aromatic rings. The molecule has 55 valence electrons. The molecule has 0 spiro atoms. The molecule has 0 aromatic carbocycles. The fourth-order valence-corrected chi connectivity index (χ4v) is 0.487. The minimum Gasteiger partial charge on any atom is -0.467 e. The largest absolute Gasteiger partial charge is 0.467 e. The Morgan fingerprint density at radius 3 is 2.55 bits per heavy atom. The van der Waals surface area contributed by atoms with Crippen molar-refractivity contribution in [1.29, 1.82) is 0 Å². The average Bonchev–Trinajstić information content (AvgIpc) is 2.05. The number of hydrogen-bond acceptors (Lipinski definition) is 4. The normalized spacial score (nSPS) is 8.09. The number of esters is 1. The molecule has 0 saturated heterocycles. The van der Waals surface area contributed by atoms with Crippen molar-refractivity contribution in [2.75, 3.05) is 7.11 Å². The number of aromatic nitrogens is 2. The molecule has 0 atom stereocenters. The second-order valence-corrected chi connectivity index (χ2v) is 1.56. The molecule has 0 bridgehead atoms. The van der Waals surface area contributed by atoms with Crippen LogP contribution in [0.15, 0.2) is 12.4 Å². The van der Waals surface area contributed by atoms with Crippen molar-refractivity contribution in [2.24, 2.45) is 0 Å². The van der Waals surface area contributed by atoms with Gasteiger partial charge in [0.2, 0.25) is 0 Å². The molecule has 0 saturated carbocycles. The van der Waals surface area contributed by atoms with Crippen LogP contribution in [0.2, 0.25) is 0 Å². The van der Waals surface area contributed by atoms with E-state index in [2.05, 4.69) is 21.0 Å². The summed E-state index contributed by atoms with van der Waals surface area (Å²) in [7, 11) is 1.30. The molecule has 0 aliphatic heterocycles. The molecule has 0 N–H and O–H groups in total. The Hall–Kier alpha value is -0.346. The quantitative estimate of drug-likeness (QED) is 0.502. The molecule has 1 radical (unpaired) electrons. The Kier molecular flexibility index (Phi) is 5.16. The summed E-state index contributed by atoms with van der Waals surface area (Å²) in [5.41, 5.74) is 0.334. The van der Waals surface area contributed by atoms with E-state index >= 15 is 0 Å². The molecule has 0 fully saturated rings. The van der Waals surface area contributed by atoms with Crippen LogP contribution in [0.4, 0.5) is 0 Å². The third kappa shape index (κ3) is 3.03. The zero-order valence-electron chi connectivity index (χ0n) is 5.94. The molecular weight excluding hydrogens is 221 g/mol. The van der Waals surface area contributed by atoms with E-state index in [1.54, 1.807) is 0 Å². The first-order valence-electron chi connectivity index (χ1n) is 2.61. The maximum atomic E-state index is 10.7. The predicted octanol–water partition coefficient (Wildman–Crippen LogP) is 0.0609. The van der Waals surface area contributed by atoms with E-state index in [9.17, 15) is 4.79 Å². The molecule has 5 heteroatoms. The van der Waals surface area contributed by atoms with Gasteiger partial charge in [0.1, 0.15) is 0 Å². The first-order valence-corrected chi connectivity index (χ1v) is 2.61. The fraction of sp³-hybridized carbons (Fsp3) is 0.167. The number of methoxy groups -OCH3 is 1. The van der Waals surface area contributed by atoms with Gasteiger partial charge in [0.25, 0.3) is 0 Å². The topological polar surface area (TPSA) is 52.1 Å². The molecule has 0 unspecified atom stereocenters. The van der Waals surface area contributed by atoms with Gasteiger partial charge in [-0.2, -0.15) is 0 Å². The van der Waals surface area contributed by atoms with Gasteiger partial charge in [-0.15, -0.1) is 0 Å². The maximum absolute atomic E-state index is 10.7. The van der Waals surface area contributed by atoms with Crippen molar-refractivity contribution in [2.45, 2.75) is 0 Å². The van der Waals surface area contributed by atoms with Crippen LogP contribution in [0.25, 0.3) is 0 Å². The van der Waals surface area contributed by atoms with Crippen molar-refractivity contribution in [3.05, 3.63) is 24.3 Å². The van der Waals surface area contributed by atoms with Gasteiger partial charge in [-0.1, -0.05) is 12.4 Å². The van der Waals surface area contributed by atoms with Crippen molar-refractivity contribution in [1.82, 2.24) is 9.97 Å². The van der Waals surface area contributed by atoms with Crippen LogP contribution in [0.5, 0.6) is 0 Å². The standard InChI is InChI=1S/C6H5N2O2.Y/c1-10-6(9)5-2-7-4-8-3-5;/h2-3H,1H3;/q-1;. The van der Waals surface area contributed by atoms with Crippen LogP contribution in [-0.2, 0) is 37.4 Å².